The van der Waals surface area contributed by atoms with Gasteiger partial charge in [0, 0.05) is 36.9 Å². The molecule has 0 bridgehead atoms. The molecule has 0 amide bonds. The SMILES string of the molecule is C=C(C=NC=NC)c1cc(N)cc(-c2cncnc2)c1. The summed E-state index contributed by atoms with van der Waals surface area (Å²) in [4.78, 5) is 15.8. The Balaban J connectivity index is 2.37. The molecule has 5 heteroatoms. The molecule has 2 aromatic rings. The first-order valence-corrected chi connectivity index (χ1v) is 5.99. The molecule has 0 spiro atoms. The van der Waals surface area contributed by atoms with Gasteiger partial charge < -0.3 is 5.73 Å². The van der Waals surface area contributed by atoms with Crippen molar-refractivity contribution in [3.63, 3.8) is 0 Å². The molecule has 2 N–H and O–H groups in total. The summed E-state index contributed by atoms with van der Waals surface area (Å²) in [5.74, 6) is 0. The van der Waals surface area contributed by atoms with E-state index in [4.69, 9.17) is 5.73 Å². The van der Waals surface area contributed by atoms with E-state index < -0.39 is 0 Å². The predicted octanol–water partition coefficient (Wildman–Crippen LogP) is 2.47. The summed E-state index contributed by atoms with van der Waals surface area (Å²) in [5.41, 5.74) is 10.1. The molecule has 0 fully saturated rings. The van der Waals surface area contributed by atoms with E-state index in [1.165, 1.54) is 12.7 Å². The fraction of sp³-hybridized carbons (Fsp3) is 0.0667. The number of hydrogen-bond donors (Lipinski definition) is 1. The maximum absolute atomic E-state index is 5.94. The molecule has 0 atom stereocenters. The minimum absolute atomic E-state index is 0.653. The van der Waals surface area contributed by atoms with Crippen LogP contribution in [-0.2, 0) is 0 Å². The third kappa shape index (κ3) is 3.35. The topological polar surface area (TPSA) is 76.5 Å². The van der Waals surface area contributed by atoms with Gasteiger partial charge in [0.1, 0.15) is 12.7 Å². The van der Waals surface area contributed by atoms with Crippen molar-refractivity contribution in [1.29, 1.82) is 0 Å². The number of benzene rings is 1. The van der Waals surface area contributed by atoms with Crippen molar-refractivity contribution in [3.05, 3.63) is 49.1 Å². The average molecular weight is 265 g/mol. The first kappa shape index (κ1) is 13.6. The average Bonchev–Trinajstić information content (AvgIpc) is 2.47. The fourth-order valence-corrected chi connectivity index (χ4v) is 1.72. The van der Waals surface area contributed by atoms with Crippen LogP contribution in [0, 0.1) is 0 Å². The number of anilines is 1. The molecule has 20 heavy (non-hydrogen) atoms. The van der Waals surface area contributed by atoms with Crippen LogP contribution >= 0.6 is 0 Å². The van der Waals surface area contributed by atoms with Crippen LogP contribution in [0.3, 0.4) is 0 Å². The zero-order valence-electron chi connectivity index (χ0n) is 11.2. The van der Waals surface area contributed by atoms with Crippen LogP contribution < -0.4 is 5.73 Å². The Kier molecular flexibility index (Phi) is 4.34. The van der Waals surface area contributed by atoms with Crippen molar-refractivity contribution in [1.82, 2.24) is 9.97 Å². The van der Waals surface area contributed by atoms with Crippen LogP contribution in [0.2, 0.25) is 0 Å². The van der Waals surface area contributed by atoms with Crippen LogP contribution in [0.1, 0.15) is 5.56 Å². The smallest absolute Gasteiger partial charge is 0.115 e. The normalized spacial score (nSPS) is 11.2. The van der Waals surface area contributed by atoms with Crippen molar-refractivity contribution in [3.8, 4) is 11.1 Å². The fourth-order valence-electron chi connectivity index (χ4n) is 1.72. The maximum atomic E-state index is 5.94. The highest BCUT2D eigenvalue weighted by Gasteiger charge is 2.04. The van der Waals surface area contributed by atoms with Gasteiger partial charge in [-0.3, -0.25) is 4.99 Å². The lowest BCUT2D eigenvalue weighted by Gasteiger charge is -2.07. The number of allylic oxidation sites excluding steroid dienone is 1. The summed E-state index contributed by atoms with van der Waals surface area (Å²) < 4.78 is 0. The summed E-state index contributed by atoms with van der Waals surface area (Å²) >= 11 is 0. The number of aromatic nitrogens is 2. The van der Waals surface area contributed by atoms with Gasteiger partial charge in [-0.15, -0.1) is 0 Å². The Morgan fingerprint density at radius 3 is 2.65 bits per heavy atom. The first-order chi connectivity index (χ1) is 9.70. The molecule has 0 unspecified atom stereocenters. The van der Waals surface area contributed by atoms with Gasteiger partial charge in [0.25, 0.3) is 0 Å². The number of rotatable bonds is 4. The summed E-state index contributed by atoms with van der Waals surface area (Å²) in [6.45, 7) is 3.97. The van der Waals surface area contributed by atoms with Gasteiger partial charge in [0.05, 0.1) is 0 Å². The molecule has 1 heterocycles. The summed E-state index contributed by atoms with van der Waals surface area (Å²) in [6, 6.07) is 5.71. The van der Waals surface area contributed by atoms with Gasteiger partial charge >= 0.3 is 0 Å². The summed E-state index contributed by atoms with van der Waals surface area (Å²) in [7, 11) is 1.66. The second-order valence-electron chi connectivity index (χ2n) is 4.15. The molecule has 1 aromatic carbocycles. The lowest BCUT2D eigenvalue weighted by molar-refractivity contribution is 1.17. The molecule has 2 rings (SSSR count). The van der Waals surface area contributed by atoms with Gasteiger partial charge in [-0.05, 0) is 34.9 Å². The molecular formula is C15H15N5. The Morgan fingerprint density at radius 1 is 1.20 bits per heavy atom. The number of aliphatic imine (C=N–C) groups is 2. The molecule has 0 aliphatic carbocycles. The predicted molar refractivity (Wildman–Crippen MR) is 83.8 cm³/mol. The van der Waals surface area contributed by atoms with Crippen molar-refractivity contribution in [2.24, 2.45) is 9.98 Å². The lowest BCUT2D eigenvalue weighted by Crippen LogP contribution is -1.92. The zero-order valence-corrected chi connectivity index (χ0v) is 11.2. The molecule has 0 radical (unpaired) electrons. The van der Waals surface area contributed by atoms with Crippen molar-refractivity contribution in [2.45, 2.75) is 0 Å². The number of nitrogen functional groups attached to an aromatic ring is 1. The standard InChI is InChI=1S/C15H15N5/c1-11(6-18-9-17-2)12-3-13(5-15(16)4-12)14-7-19-10-20-8-14/h3-10H,1,16H2,2H3. The van der Waals surface area contributed by atoms with Gasteiger partial charge in [-0.2, -0.15) is 0 Å². The van der Waals surface area contributed by atoms with Gasteiger partial charge in [-0.25, -0.2) is 15.0 Å². The van der Waals surface area contributed by atoms with E-state index in [0.29, 0.717) is 5.69 Å². The van der Waals surface area contributed by atoms with Gasteiger partial charge in [0.2, 0.25) is 0 Å². The molecule has 0 saturated heterocycles. The highest BCUT2D eigenvalue weighted by molar-refractivity contribution is 6.11. The zero-order chi connectivity index (χ0) is 14.4. The van der Waals surface area contributed by atoms with Crippen LogP contribution in [0.4, 0.5) is 5.69 Å². The van der Waals surface area contributed by atoms with E-state index in [9.17, 15) is 0 Å². The Morgan fingerprint density at radius 2 is 1.95 bits per heavy atom. The molecule has 0 aliphatic rings. The van der Waals surface area contributed by atoms with Gasteiger partial charge in [-0.1, -0.05) is 6.58 Å². The van der Waals surface area contributed by atoms with Crippen molar-refractivity contribution < 1.29 is 0 Å². The second kappa shape index (κ2) is 6.38. The Hall–Kier alpha value is -2.82. The number of hydrogen-bond acceptors (Lipinski definition) is 4. The Labute approximate surface area is 117 Å². The monoisotopic (exact) mass is 265 g/mol. The van der Waals surface area contributed by atoms with E-state index >= 15 is 0 Å². The molecular weight excluding hydrogens is 250 g/mol. The minimum atomic E-state index is 0.653. The molecule has 0 saturated carbocycles. The van der Waals surface area contributed by atoms with E-state index in [0.717, 1.165) is 22.3 Å². The van der Waals surface area contributed by atoms with Crippen molar-refractivity contribution in [2.75, 3.05) is 12.8 Å². The maximum Gasteiger partial charge on any atom is 0.115 e. The third-order valence-electron chi connectivity index (χ3n) is 2.63. The van der Waals surface area contributed by atoms with Gasteiger partial charge in [0.15, 0.2) is 0 Å². The third-order valence-corrected chi connectivity index (χ3v) is 2.63. The van der Waals surface area contributed by atoms with Crippen LogP contribution in [-0.4, -0.2) is 29.6 Å². The Bertz CT molecular complexity index is 659. The van der Waals surface area contributed by atoms with E-state index in [-0.39, 0.29) is 0 Å². The lowest BCUT2D eigenvalue weighted by atomic mass is 10.0. The van der Waals surface area contributed by atoms with Crippen LogP contribution in [0.15, 0.2) is 53.5 Å². The van der Waals surface area contributed by atoms with Crippen LogP contribution in [0.5, 0.6) is 0 Å². The quantitative estimate of drug-likeness (QED) is 0.524. The van der Waals surface area contributed by atoms with Crippen LogP contribution in [0.25, 0.3) is 16.7 Å². The van der Waals surface area contributed by atoms with E-state index in [2.05, 4.69) is 26.5 Å². The molecule has 1 aromatic heterocycles. The van der Waals surface area contributed by atoms with E-state index in [1.807, 2.05) is 18.2 Å². The number of nitrogens with two attached hydrogens (primary N) is 1. The molecule has 0 aliphatic heterocycles. The largest absolute Gasteiger partial charge is 0.399 e. The second-order valence-corrected chi connectivity index (χ2v) is 4.15. The minimum Gasteiger partial charge on any atom is -0.399 e. The highest BCUT2D eigenvalue weighted by atomic mass is 14.8. The summed E-state index contributed by atoms with van der Waals surface area (Å²) in [5, 5.41) is 0. The van der Waals surface area contributed by atoms with Crippen molar-refractivity contribution >= 4 is 23.8 Å². The number of nitrogens with zero attached hydrogens (tertiary/aromatic N) is 4. The molecule has 100 valence electrons. The highest BCUT2D eigenvalue weighted by Crippen LogP contribution is 2.25. The van der Waals surface area contributed by atoms with E-state index in [1.54, 1.807) is 25.7 Å². The molecule has 5 nitrogen and oxygen atoms in total. The first-order valence-electron chi connectivity index (χ1n) is 5.99. The summed E-state index contributed by atoms with van der Waals surface area (Å²) in [6.07, 6.45) is 8.08.